The lowest BCUT2D eigenvalue weighted by Gasteiger charge is -2.43. The zero-order valence-electron chi connectivity index (χ0n) is 19.7. The van der Waals surface area contributed by atoms with E-state index in [2.05, 4.69) is 4.98 Å². The number of methoxy groups -OCH3 is 3. The van der Waals surface area contributed by atoms with E-state index in [4.69, 9.17) is 14.2 Å². The average Bonchev–Trinajstić information content (AvgIpc) is 3.59. The van der Waals surface area contributed by atoms with Crippen molar-refractivity contribution in [2.45, 2.75) is 22.6 Å². The second-order valence-corrected chi connectivity index (χ2v) is 11.8. The number of aromatic nitrogens is 1. The summed E-state index contributed by atoms with van der Waals surface area (Å²) in [5, 5.41) is 11.3. The Labute approximate surface area is 213 Å². The summed E-state index contributed by atoms with van der Waals surface area (Å²) in [5.41, 5.74) is 0.806. The highest BCUT2D eigenvalue weighted by atomic mass is 32.2. The molecule has 3 heterocycles. The number of hydrogen-bond acceptors (Lipinski definition) is 10. The fraction of sp³-hybridized carbons (Fsp3) is 0.500. The molecular formula is C24H24N2O8S2. The van der Waals surface area contributed by atoms with Crippen molar-refractivity contribution in [2.75, 3.05) is 27.9 Å². The van der Waals surface area contributed by atoms with E-state index < -0.39 is 17.8 Å². The minimum atomic E-state index is -0.628. The monoisotopic (exact) mass is 532 g/mol. The SMILES string of the molecule is COC(=O)CN1C(=O)C2C3CC(C2C1=O)C1C(c2cc(OC)c(O)c(OC)c2)c2sc(=O)[nH]c2SC31. The van der Waals surface area contributed by atoms with Gasteiger partial charge in [-0.15, -0.1) is 11.8 Å². The molecule has 36 heavy (non-hydrogen) atoms. The summed E-state index contributed by atoms with van der Waals surface area (Å²) in [6, 6.07) is 3.50. The number of hydrogen-bond donors (Lipinski definition) is 2. The van der Waals surface area contributed by atoms with Crippen LogP contribution in [0.1, 0.15) is 22.8 Å². The third kappa shape index (κ3) is 3.09. The standard InChI is InChI=1S/C24H24N2O8S2/c1-32-11-4-8(5-12(33-2)18(11)28)14-15-9-6-10(19(15)35-21-20(14)36-24(31)25-21)17-16(9)22(29)26(23(17)30)7-13(27)34-3/h4-5,9-10,14-17,19,28H,6-7H2,1-3H3,(H,25,31). The number of aromatic amines is 1. The summed E-state index contributed by atoms with van der Waals surface area (Å²) in [7, 11) is 4.14. The third-order valence-corrected chi connectivity index (χ3v) is 10.8. The molecule has 2 saturated carbocycles. The number of esters is 1. The number of amides is 2. The molecule has 4 aliphatic rings. The van der Waals surface area contributed by atoms with Crippen LogP contribution in [0.4, 0.5) is 0 Å². The van der Waals surface area contributed by atoms with Crippen molar-refractivity contribution in [3.8, 4) is 17.2 Å². The molecule has 2 aliphatic carbocycles. The van der Waals surface area contributed by atoms with Gasteiger partial charge in [-0.2, -0.15) is 0 Å². The number of nitrogens with one attached hydrogen (secondary N) is 1. The van der Waals surface area contributed by atoms with Crippen LogP contribution in [0.3, 0.4) is 0 Å². The summed E-state index contributed by atoms with van der Waals surface area (Å²) in [6.07, 6.45) is 0.725. The summed E-state index contributed by atoms with van der Waals surface area (Å²) >= 11 is 2.71. The van der Waals surface area contributed by atoms with Crippen molar-refractivity contribution >= 4 is 40.9 Å². The Morgan fingerprint density at radius 1 is 1.08 bits per heavy atom. The zero-order valence-corrected chi connectivity index (χ0v) is 21.3. The molecule has 1 saturated heterocycles. The maximum Gasteiger partial charge on any atom is 0.325 e. The first-order valence-electron chi connectivity index (χ1n) is 11.6. The molecule has 2 bridgehead atoms. The number of aromatic hydroxyl groups is 1. The van der Waals surface area contributed by atoms with Gasteiger partial charge in [-0.3, -0.25) is 24.1 Å². The van der Waals surface area contributed by atoms with Gasteiger partial charge in [-0.1, -0.05) is 11.3 Å². The molecule has 2 amide bonds. The highest BCUT2D eigenvalue weighted by Gasteiger charge is 2.69. The predicted molar refractivity (Wildman–Crippen MR) is 128 cm³/mol. The first-order valence-corrected chi connectivity index (χ1v) is 13.2. The number of phenolic OH excluding ortho intramolecular Hbond substituents is 1. The second kappa shape index (κ2) is 8.27. The number of imide groups is 1. The summed E-state index contributed by atoms with van der Waals surface area (Å²) in [5.74, 6) is -2.30. The van der Waals surface area contributed by atoms with Crippen LogP contribution in [0.25, 0.3) is 0 Å². The van der Waals surface area contributed by atoms with Gasteiger partial charge in [0.1, 0.15) is 6.54 Å². The van der Waals surface area contributed by atoms with Gasteiger partial charge in [0.2, 0.25) is 17.6 Å². The van der Waals surface area contributed by atoms with Crippen molar-refractivity contribution in [2.24, 2.45) is 29.6 Å². The number of carbonyl (C=O) groups is 3. The molecule has 1 aromatic carbocycles. The maximum absolute atomic E-state index is 13.4. The molecule has 1 aromatic heterocycles. The minimum Gasteiger partial charge on any atom is -0.502 e. The van der Waals surface area contributed by atoms with Crippen LogP contribution in [-0.2, 0) is 19.1 Å². The lowest BCUT2D eigenvalue weighted by Crippen LogP contribution is -2.42. The number of nitrogens with zero attached hydrogens (tertiary/aromatic N) is 1. The van der Waals surface area contributed by atoms with Crippen LogP contribution in [0.2, 0.25) is 0 Å². The van der Waals surface area contributed by atoms with Crippen molar-refractivity contribution in [1.82, 2.24) is 9.88 Å². The highest BCUT2D eigenvalue weighted by Crippen LogP contribution is 2.68. The molecule has 6 rings (SSSR count). The van der Waals surface area contributed by atoms with E-state index in [1.54, 1.807) is 23.9 Å². The van der Waals surface area contributed by atoms with Crippen LogP contribution >= 0.6 is 23.1 Å². The molecule has 12 heteroatoms. The molecule has 2 aromatic rings. The number of rotatable bonds is 5. The molecule has 7 unspecified atom stereocenters. The Morgan fingerprint density at radius 2 is 1.72 bits per heavy atom. The molecule has 2 N–H and O–H groups in total. The summed E-state index contributed by atoms with van der Waals surface area (Å²) < 4.78 is 15.5. The first-order chi connectivity index (χ1) is 17.3. The number of carbonyl (C=O) groups excluding carboxylic acids is 3. The number of likely N-dealkylation sites (tertiary alicyclic amines) is 1. The quantitative estimate of drug-likeness (QED) is 0.437. The molecule has 0 spiro atoms. The van der Waals surface area contributed by atoms with E-state index in [1.165, 1.54) is 21.3 Å². The molecule has 190 valence electrons. The third-order valence-electron chi connectivity index (χ3n) is 8.19. The number of H-pyrrole nitrogens is 1. The summed E-state index contributed by atoms with van der Waals surface area (Å²) in [6.45, 7) is -0.375. The maximum atomic E-state index is 13.4. The predicted octanol–water partition coefficient (Wildman–Crippen LogP) is 1.81. The summed E-state index contributed by atoms with van der Waals surface area (Å²) in [4.78, 5) is 55.7. The zero-order chi connectivity index (χ0) is 25.5. The number of fused-ring (bicyclic) bond motifs is 9. The molecule has 2 aliphatic heterocycles. The van der Waals surface area contributed by atoms with Crippen LogP contribution in [0.15, 0.2) is 22.0 Å². The lowest BCUT2D eigenvalue weighted by molar-refractivity contribution is -0.151. The Bertz CT molecular complexity index is 1330. The van der Waals surface area contributed by atoms with Crippen molar-refractivity contribution in [3.05, 3.63) is 32.2 Å². The van der Waals surface area contributed by atoms with Gasteiger partial charge in [0.15, 0.2) is 11.5 Å². The Balaban J connectivity index is 1.46. The van der Waals surface area contributed by atoms with Crippen LogP contribution in [0, 0.1) is 29.6 Å². The van der Waals surface area contributed by atoms with Crippen LogP contribution in [-0.4, -0.2) is 65.9 Å². The number of thioether (sulfide) groups is 1. The molecule has 7 atom stereocenters. The topological polar surface area (TPSA) is 135 Å². The largest absolute Gasteiger partial charge is 0.502 e. The van der Waals surface area contributed by atoms with Gasteiger partial charge in [0.05, 0.1) is 38.2 Å². The Kier molecular flexibility index (Phi) is 5.38. The van der Waals surface area contributed by atoms with Crippen molar-refractivity contribution in [1.29, 1.82) is 0 Å². The average molecular weight is 533 g/mol. The number of phenols is 1. The van der Waals surface area contributed by atoms with E-state index in [0.717, 1.165) is 38.1 Å². The highest BCUT2D eigenvalue weighted by molar-refractivity contribution is 8.00. The van der Waals surface area contributed by atoms with Gasteiger partial charge in [-0.05, 0) is 41.9 Å². The molecule has 10 nitrogen and oxygen atoms in total. The minimum absolute atomic E-state index is 0.000352. The number of benzene rings is 1. The number of ether oxygens (including phenoxy) is 3. The van der Waals surface area contributed by atoms with E-state index in [9.17, 15) is 24.3 Å². The first kappa shape index (κ1) is 23.4. The van der Waals surface area contributed by atoms with Crippen LogP contribution in [0.5, 0.6) is 17.2 Å². The van der Waals surface area contributed by atoms with Crippen molar-refractivity contribution < 1.29 is 33.7 Å². The second-order valence-electron chi connectivity index (χ2n) is 9.57. The van der Waals surface area contributed by atoms with Gasteiger partial charge in [0, 0.05) is 16.0 Å². The van der Waals surface area contributed by atoms with Gasteiger partial charge < -0.3 is 24.3 Å². The smallest absolute Gasteiger partial charge is 0.325 e. The van der Waals surface area contributed by atoms with Gasteiger partial charge >= 0.3 is 10.8 Å². The van der Waals surface area contributed by atoms with E-state index in [0.29, 0.717) is 0 Å². The van der Waals surface area contributed by atoms with Gasteiger partial charge in [0.25, 0.3) is 0 Å². The molecule has 0 radical (unpaired) electrons. The molecular weight excluding hydrogens is 508 g/mol. The van der Waals surface area contributed by atoms with Crippen molar-refractivity contribution in [3.63, 3.8) is 0 Å². The Hall–Kier alpha value is -2.99. The lowest BCUT2D eigenvalue weighted by atomic mass is 9.68. The fourth-order valence-corrected chi connectivity index (χ4v) is 9.78. The molecule has 3 fully saturated rings. The van der Waals surface area contributed by atoms with Gasteiger partial charge in [-0.25, -0.2) is 0 Å². The normalized spacial score (nSPS) is 31.8. The van der Waals surface area contributed by atoms with Crippen LogP contribution < -0.4 is 14.3 Å². The number of thiazole rings is 1. The van der Waals surface area contributed by atoms with E-state index in [-0.39, 0.29) is 69.4 Å². The van der Waals surface area contributed by atoms with E-state index in [1.807, 2.05) is 0 Å². The Morgan fingerprint density at radius 3 is 2.33 bits per heavy atom. The fourth-order valence-electron chi connectivity index (χ4n) is 6.89. The van der Waals surface area contributed by atoms with E-state index >= 15 is 0 Å².